The lowest BCUT2D eigenvalue weighted by Gasteiger charge is -2.17. The molecule has 0 unspecified atom stereocenters. The molecule has 0 saturated carbocycles. The number of carboxylic acid groups (broad SMARTS) is 1. The fraction of sp³-hybridized carbons (Fsp3) is 0.385. The van der Waals surface area contributed by atoms with E-state index in [0.29, 0.717) is 29.6 Å². The number of aliphatic carboxylic acids is 1. The third kappa shape index (κ3) is 5.56. The van der Waals surface area contributed by atoms with Gasteiger partial charge >= 0.3 is 11.6 Å². The number of unbranched alkanes of at least 4 members (excludes halogenated alkanes) is 3. The Morgan fingerprint density at radius 1 is 1.06 bits per heavy atom. The number of aromatic hydroxyl groups is 1. The van der Waals surface area contributed by atoms with E-state index in [4.69, 9.17) is 4.42 Å². The molecule has 1 atom stereocenters. The van der Waals surface area contributed by atoms with Crippen molar-refractivity contribution in [3.63, 3.8) is 0 Å². The summed E-state index contributed by atoms with van der Waals surface area (Å²) in [5.74, 6) is -1.02. The lowest BCUT2D eigenvalue weighted by atomic mass is 9.98. The Hall–Kier alpha value is -3.12. The smallest absolute Gasteiger partial charge is 0.339 e. The Labute approximate surface area is 187 Å². The number of fused-ring (bicyclic) bond motifs is 1. The molecule has 0 aliphatic rings. The highest BCUT2D eigenvalue weighted by Crippen LogP contribution is 2.30. The second-order valence-electron chi connectivity index (χ2n) is 8.21. The monoisotopic (exact) mass is 437 g/mol. The summed E-state index contributed by atoms with van der Waals surface area (Å²) in [5.41, 5.74) is 2.72. The number of carboxylic acids is 1. The van der Waals surface area contributed by atoms with E-state index in [1.165, 1.54) is 0 Å². The van der Waals surface area contributed by atoms with Crippen molar-refractivity contribution >= 4 is 16.9 Å². The van der Waals surface area contributed by atoms with Gasteiger partial charge in [0.2, 0.25) is 0 Å². The lowest BCUT2D eigenvalue weighted by Crippen LogP contribution is -2.38. The molecular formula is C26H31NO5. The highest BCUT2D eigenvalue weighted by atomic mass is 16.4. The van der Waals surface area contributed by atoms with Crippen LogP contribution in [-0.2, 0) is 24.2 Å². The van der Waals surface area contributed by atoms with E-state index >= 15 is 0 Å². The van der Waals surface area contributed by atoms with E-state index < -0.39 is 17.6 Å². The highest BCUT2D eigenvalue weighted by molar-refractivity contribution is 5.85. The number of phenols is 1. The molecule has 0 aliphatic heterocycles. The van der Waals surface area contributed by atoms with Crippen LogP contribution >= 0.6 is 0 Å². The fourth-order valence-corrected chi connectivity index (χ4v) is 4.01. The SMILES string of the molecule is CCCCCCc1c(C)c2ccc(O)c(CN[C@H](Cc3ccccc3)C(=O)O)c2oc1=O. The topological polar surface area (TPSA) is 99.8 Å². The van der Waals surface area contributed by atoms with Crippen molar-refractivity contribution in [2.75, 3.05) is 0 Å². The van der Waals surface area contributed by atoms with Crippen molar-refractivity contribution in [3.05, 3.63) is 75.1 Å². The molecule has 1 aromatic heterocycles. The van der Waals surface area contributed by atoms with Gasteiger partial charge in [-0.1, -0.05) is 56.5 Å². The molecule has 0 radical (unpaired) electrons. The number of rotatable bonds is 11. The number of nitrogens with one attached hydrogen (secondary N) is 1. The molecular weight excluding hydrogens is 406 g/mol. The van der Waals surface area contributed by atoms with Crippen LogP contribution in [0.2, 0.25) is 0 Å². The molecule has 170 valence electrons. The Bertz CT molecular complexity index is 1120. The summed E-state index contributed by atoms with van der Waals surface area (Å²) >= 11 is 0. The van der Waals surface area contributed by atoms with Crippen LogP contribution in [0, 0.1) is 6.92 Å². The average Bonchev–Trinajstić information content (AvgIpc) is 2.77. The first-order valence-electron chi connectivity index (χ1n) is 11.2. The molecule has 2 aromatic carbocycles. The van der Waals surface area contributed by atoms with Crippen molar-refractivity contribution in [1.82, 2.24) is 5.32 Å². The van der Waals surface area contributed by atoms with Gasteiger partial charge in [0.05, 0.1) is 5.56 Å². The van der Waals surface area contributed by atoms with Crippen molar-refractivity contribution in [2.45, 2.75) is 65.0 Å². The van der Waals surface area contributed by atoms with E-state index in [9.17, 15) is 19.8 Å². The summed E-state index contributed by atoms with van der Waals surface area (Å²) < 4.78 is 5.65. The minimum absolute atomic E-state index is 0.0351. The number of hydrogen-bond donors (Lipinski definition) is 3. The van der Waals surface area contributed by atoms with Gasteiger partial charge < -0.3 is 14.6 Å². The maximum Gasteiger partial charge on any atom is 0.339 e. The second kappa shape index (κ2) is 11.0. The Kier molecular flexibility index (Phi) is 8.06. The zero-order valence-corrected chi connectivity index (χ0v) is 18.7. The average molecular weight is 438 g/mol. The molecule has 3 rings (SSSR count). The van der Waals surface area contributed by atoms with Crippen LogP contribution in [0.15, 0.2) is 51.7 Å². The number of aryl methyl sites for hydroxylation is 1. The normalized spacial score (nSPS) is 12.2. The molecule has 6 nitrogen and oxygen atoms in total. The molecule has 0 saturated heterocycles. The molecule has 1 heterocycles. The third-order valence-electron chi connectivity index (χ3n) is 5.92. The number of benzene rings is 2. The lowest BCUT2D eigenvalue weighted by molar-refractivity contribution is -0.139. The van der Waals surface area contributed by atoms with Crippen LogP contribution in [0.4, 0.5) is 0 Å². The predicted molar refractivity (Wildman–Crippen MR) is 125 cm³/mol. The summed E-state index contributed by atoms with van der Waals surface area (Å²) in [6.45, 7) is 4.11. The molecule has 32 heavy (non-hydrogen) atoms. The highest BCUT2D eigenvalue weighted by Gasteiger charge is 2.21. The maximum atomic E-state index is 12.7. The number of carbonyl (C=O) groups is 1. The molecule has 6 heteroatoms. The van der Waals surface area contributed by atoms with Crippen LogP contribution in [0.1, 0.15) is 54.9 Å². The molecule has 0 bridgehead atoms. The van der Waals surface area contributed by atoms with Gasteiger partial charge in [-0.15, -0.1) is 0 Å². The minimum atomic E-state index is -0.986. The summed E-state index contributed by atoms with van der Waals surface area (Å²) in [6, 6.07) is 11.8. The zero-order chi connectivity index (χ0) is 23.1. The van der Waals surface area contributed by atoms with Gasteiger partial charge in [0, 0.05) is 17.5 Å². The Balaban J connectivity index is 1.86. The van der Waals surface area contributed by atoms with Gasteiger partial charge in [-0.2, -0.15) is 0 Å². The van der Waals surface area contributed by atoms with Gasteiger partial charge in [0.1, 0.15) is 17.4 Å². The van der Waals surface area contributed by atoms with Gasteiger partial charge in [-0.3, -0.25) is 10.1 Å². The van der Waals surface area contributed by atoms with Crippen LogP contribution in [0.3, 0.4) is 0 Å². The van der Waals surface area contributed by atoms with Gasteiger partial charge in [0.15, 0.2) is 0 Å². The first kappa shape index (κ1) is 23.5. The number of hydrogen-bond acceptors (Lipinski definition) is 5. The van der Waals surface area contributed by atoms with Gasteiger partial charge in [-0.05, 0) is 49.4 Å². The first-order valence-corrected chi connectivity index (χ1v) is 11.2. The van der Waals surface area contributed by atoms with E-state index in [0.717, 1.165) is 42.2 Å². The molecule has 0 aliphatic carbocycles. The van der Waals surface area contributed by atoms with Crippen LogP contribution < -0.4 is 10.9 Å². The molecule has 3 N–H and O–H groups in total. The molecule has 0 spiro atoms. The van der Waals surface area contributed by atoms with Crippen LogP contribution in [0.25, 0.3) is 11.0 Å². The van der Waals surface area contributed by atoms with E-state index in [1.54, 1.807) is 12.1 Å². The minimum Gasteiger partial charge on any atom is -0.507 e. The first-order chi connectivity index (χ1) is 15.4. The van der Waals surface area contributed by atoms with Crippen LogP contribution in [0.5, 0.6) is 5.75 Å². The van der Waals surface area contributed by atoms with E-state index in [2.05, 4.69) is 12.2 Å². The van der Waals surface area contributed by atoms with Crippen molar-refractivity contribution < 1.29 is 19.4 Å². The number of phenolic OH excluding ortho intramolecular Hbond substituents is 1. The van der Waals surface area contributed by atoms with E-state index in [1.807, 2.05) is 37.3 Å². The third-order valence-corrected chi connectivity index (χ3v) is 5.92. The largest absolute Gasteiger partial charge is 0.507 e. The van der Waals surface area contributed by atoms with Gasteiger partial charge in [0.25, 0.3) is 0 Å². The molecule has 0 fully saturated rings. The molecule has 3 aromatic rings. The summed E-state index contributed by atoms with van der Waals surface area (Å²) in [4.78, 5) is 24.5. The maximum absolute atomic E-state index is 12.7. The quantitative estimate of drug-likeness (QED) is 0.297. The molecule has 0 amide bonds. The Morgan fingerprint density at radius 2 is 1.81 bits per heavy atom. The second-order valence-corrected chi connectivity index (χ2v) is 8.21. The predicted octanol–water partition coefficient (Wildman–Crippen LogP) is 4.72. The van der Waals surface area contributed by atoms with Crippen molar-refractivity contribution in [3.8, 4) is 5.75 Å². The van der Waals surface area contributed by atoms with E-state index in [-0.39, 0.29) is 12.3 Å². The van der Waals surface area contributed by atoms with Crippen LogP contribution in [-0.4, -0.2) is 22.2 Å². The van der Waals surface area contributed by atoms with Gasteiger partial charge in [-0.25, -0.2) is 4.79 Å². The standard InChI is InChI=1S/C26H31NO5/c1-3-4-5-9-12-20-17(2)19-13-14-23(28)21(24(19)32-26(20)31)16-27-22(25(29)30)15-18-10-7-6-8-11-18/h6-8,10-11,13-14,22,27-28H,3-5,9,12,15-16H2,1-2H3,(H,29,30)/t22-/m1/s1. The fourth-order valence-electron chi connectivity index (χ4n) is 4.01. The summed E-state index contributed by atoms with van der Waals surface area (Å²) in [6.07, 6.45) is 5.22. The Morgan fingerprint density at radius 3 is 2.50 bits per heavy atom. The summed E-state index contributed by atoms with van der Waals surface area (Å²) in [5, 5.41) is 23.9. The van der Waals surface area contributed by atoms with Crippen molar-refractivity contribution in [2.24, 2.45) is 0 Å². The van der Waals surface area contributed by atoms with Crippen molar-refractivity contribution in [1.29, 1.82) is 0 Å². The summed E-state index contributed by atoms with van der Waals surface area (Å²) in [7, 11) is 0. The zero-order valence-electron chi connectivity index (χ0n) is 18.7.